The van der Waals surface area contributed by atoms with Crippen LogP contribution in [0.4, 0.5) is 0 Å². The summed E-state index contributed by atoms with van der Waals surface area (Å²) in [6.45, 7) is 0. The van der Waals surface area contributed by atoms with Gasteiger partial charge in [-0.05, 0) is 25.0 Å². The summed E-state index contributed by atoms with van der Waals surface area (Å²) in [7, 11) is 0. The van der Waals surface area contributed by atoms with Gasteiger partial charge < -0.3 is 5.11 Å². The minimum absolute atomic E-state index is 0.144. The number of carbonyl (C=O) groups is 2. The van der Waals surface area contributed by atoms with Crippen molar-refractivity contribution < 1.29 is 14.7 Å². The maximum atomic E-state index is 12.3. The van der Waals surface area contributed by atoms with Crippen LogP contribution < -0.4 is 0 Å². The molecule has 3 nitrogen and oxygen atoms in total. The van der Waals surface area contributed by atoms with Crippen LogP contribution in [-0.4, -0.2) is 16.9 Å². The van der Waals surface area contributed by atoms with E-state index in [1.54, 1.807) is 24.3 Å². The van der Waals surface area contributed by atoms with Gasteiger partial charge in [-0.1, -0.05) is 35.9 Å². The molecule has 2 unspecified atom stereocenters. The molecule has 4 heteroatoms. The summed E-state index contributed by atoms with van der Waals surface area (Å²) in [6.07, 6.45) is 4.57. The predicted octanol–water partition coefficient (Wildman–Crippen LogP) is 3.19. The number of carbonyl (C=O) groups excluding carboxylic acids is 1. The third-order valence-corrected chi connectivity index (χ3v) is 3.43. The highest BCUT2D eigenvalue weighted by molar-refractivity contribution is 6.31. The second kappa shape index (κ2) is 5.36. The van der Waals surface area contributed by atoms with Crippen molar-refractivity contribution in [2.45, 2.75) is 12.8 Å². The summed E-state index contributed by atoms with van der Waals surface area (Å²) in [6, 6.07) is 6.64. The van der Waals surface area contributed by atoms with Crippen LogP contribution in [-0.2, 0) is 4.79 Å². The number of Topliss-reactive ketones (excluding diaryl/α,β-unsaturated/α-hetero) is 1. The Kier molecular flexibility index (Phi) is 3.82. The van der Waals surface area contributed by atoms with E-state index in [2.05, 4.69) is 0 Å². The topological polar surface area (TPSA) is 54.4 Å². The Morgan fingerprint density at radius 2 is 1.83 bits per heavy atom. The molecule has 0 fully saturated rings. The van der Waals surface area contributed by atoms with E-state index in [-0.39, 0.29) is 5.78 Å². The molecule has 0 saturated carbocycles. The van der Waals surface area contributed by atoms with Gasteiger partial charge in [0.15, 0.2) is 5.78 Å². The number of ketones is 1. The fourth-order valence-corrected chi connectivity index (χ4v) is 2.42. The van der Waals surface area contributed by atoms with Gasteiger partial charge in [-0.2, -0.15) is 0 Å². The molecule has 94 valence electrons. The average molecular weight is 265 g/mol. The highest BCUT2D eigenvalue weighted by Gasteiger charge is 2.34. The summed E-state index contributed by atoms with van der Waals surface area (Å²) in [5, 5.41) is 9.63. The Morgan fingerprint density at radius 1 is 1.17 bits per heavy atom. The van der Waals surface area contributed by atoms with Crippen LogP contribution in [0.3, 0.4) is 0 Å². The molecular formula is C14H13ClO3. The molecular weight excluding hydrogens is 252 g/mol. The van der Waals surface area contributed by atoms with Crippen molar-refractivity contribution in [2.75, 3.05) is 0 Å². The van der Waals surface area contributed by atoms with Crippen LogP contribution >= 0.6 is 11.6 Å². The van der Waals surface area contributed by atoms with Crippen LogP contribution in [0.2, 0.25) is 5.02 Å². The zero-order chi connectivity index (χ0) is 13.1. The van der Waals surface area contributed by atoms with Crippen molar-refractivity contribution in [3.8, 4) is 0 Å². The van der Waals surface area contributed by atoms with E-state index in [0.717, 1.165) is 0 Å². The van der Waals surface area contributed by atoms with Crippen molar-refractivity contribution in [1.29, 1.82) is 0 Å². The van der Waals surface area contributed by atoms with Gasteiger partial charge >= 0.3 is 5.97 Å². The molecule has 0 radical (unpaired) electrons. The smallest absolute Gasteiger partial charge is 0.307 e. The van der Waals surface area contributed by atoms with Gasteiger partial charge in [0.25, 0.3) is 0 Å². The zero-order valence-corrected chi connectivity index (χ0v) is 10.4. The molecule has 1 aromatic carbocycles. The standard InChI is InChI=1S/C14H13ClO3/c15-10-5-3-4-9(8-10)13(16)11-6-1-2-7-12(11)14(17)18/h1-5,8,11-12H,6-7H2,(H,17,18). The SMILES string of the molecule is O=C(O)C1CC=CCC1C(=O)c1cccc(Cl)c1. The normalized spacial score (nSPS) is 22.7. The third kappa shape index (κ3) is 2.62. The number of rotatable bonds is 3. The first kappa shape index (κ1) is 12.8. The number of aliphatic carboxylic acids is 1. The average Bonchev–Trinajstić information content (AvgIpc) is 2.38. The third-order valence-electron chi connectivity index (χ3n) is 3.20. The molecule has 0 aliphatic heterocycles. The lowest BCUT2D eigenvalue weighted by Gasteiger charge is -2.23. The number of carboxylic acids is 1. The van der Waals surface area contributed by atoms with Gasteiger partial charge in [0, 0.05) is 16.5 Å². The van der Waals surface area contributed by atoms with E-state index in [9.17, 15) is 9.59 Å². The van der Waals surface area contributed by atoms with Gasteiger partial charge in [0.05, 0.1) is 5.92 Å². The largest absolute Gasteiger partial charge is 0.481 e. The Bertz CT molecular complexity index is 508. The highest BCUT2D eigenvalue weighted by atomic mass is 35.5. The van der Waals surface area contributed by atoms with E-state index in [0.29, 0.717) is 23.4 Å². The summed E-state index contributed by atoms with van der Waals surface area (Å²) in [4.78, 5) is 23.5. The lowest BCUT2D eigenvalue weighted by Crippen LogP contribution is -2.31. The van der Waals surface area contributed by atoms with Gasteiger partial charge in [-0.15, -0.1) is 0 Å². The number of benzene rings is 1. The summed E-state index contributed by atoms with van der Waals surface area (Å²) >= 11 is 5.84. The van der Waals surface area contributed by atoms with Crippen molar-refractivity contribution in [1.82, 2.24) is 0 Å². The highest BCUT2D eigenvalue weighted by Crippen LogP contribution is 2.29. The molecule has 18 heavy (non-hydrogen) atoms. The zero-order valence-electron chi connectivity index (χ0n) is 9.67. The Hall–Kier alpha value is -1.61. The Labute approximate surface area is 110 Å². The summed E-state index contributed by atoms with van der Waals surface area (Å²) in [5.74, 6) is -2.19. The first-order valence-electron chi connectivity index (χ1n) is 5.77. The van der Waals surface area contributed by atoms with E-state index >= 15 is 0 Å². The fourth-order valence-electron chi connectivity index (χ4n) is 2.23. The number of hydrogen-bond donors (Lipinski definition) is 1. The van der Waals surface area contributed by atoms with E-state index in [1.807, 2.05) is 12.2 Å². The van der Waals surface area contributed by atoms with Gasteiger partial charge in [-0.3, -0.25) is 9.59 Å². The Morgan fingerprint density at radius 3 is 2.44 bits per heavy atom. The van der Waals surface area contributed by atoms with Crippen molar-refractivity contribution in [3.63, 3.8) is 0 Å². The lowest BCUT2D eigenvalue weighted by atomic mass is 9.78. The quantitative estimate of drug-likeness (QED) is 0.674. The molecule has 1 aliphatic rings. The van der Waals surface area contributed by atoms with Crippen molar-refractivity contribution in [3.05, 3.63) is 47.0 Å². The van der Waals surface area contributed by atoms with E-state index < -0.39 is 17.8 Å². The second-order valence-electron chi connectivity index (χ2n) is 4.37. The van der Waals surface area contributed by atoms with E-state index in [4.69, 9.17) is 16.7 Å². The number of carboxylic acid groups (broad SMARTS) is 1. The van der Waals surface area contributed by atoms with Crippen LogP contribution in [0.25, 0.3) is 0 Å². The number of allylic oxidation sites excluding steroid dienone is 2. The van der Waals surface area contributed by atoms with Crippen LogP contribution in [0.15, 0.2) is 36.4 Å². The molecule has 1 aliphatic carbocycles. The van der Waals surface area contributed by atoms with Gasteiger partial charge in [0.2, 0.25) is 0 Å². The van der Waals surface area contributed by atoms with Crippen LogP contribution in [0.5, 0.6) is 0 Å². The van der Waals surface area contributed by atoms with Gasteiger partial charge in [-0.25, -0.2) is 0 Å². The predicted molar refractivity (Wildman–Crippen MR) is 68.8 cm³/mol. The van der Waals surface area contributed by atoms with Crippen molar-refractivity contribution >= 4 is 23.4 Å². The number of hydrogen-bond acceptors (Lipinski definition) is 2. The van der Waals surface area contributed by atoms with Crippen molar-refractivity contribution in [2.24, 2.45) is 11.8 Å². The molecule has 0 bridgehead atoms. The fraction of sp³-hybridized carbons (Fsp3) is 0.286. The molecule has 0 amide bonds. The van der Waals surface area contributed by atoms with Gasteiger partial charge in [0.1, 0.15) is 0 Å². The second-order valence-corrected chi connectivity index (χ2v) is 4.81. The Balaban J connectivity index is 2.27. The molecule has 1 N–H and O–H groups in total. The first-order chi connectivity index (χ1) is 8.59. The van der Waals surface area contributed by atoms with Crippen LogP contribution in [0.1, 0.15) is 23.2 Å². The molecule has 0 aromatic heterocycles. The maximum absolute atomic E-state index is 12.3. The summed E-state index contributed by atoms with van der Waals surface area (Å²) < 4.78 is 0. The minimum Gasteiger partial charge on any atom is -0.481 e. The van der Waals surface area contributed by atoms with E-state index in [1.165, 1.54) is 0 Å². The molecule has 2 atom stereocenters. The number of halogens is 1. The van der Waals surface area contributed by atoms with Crippen LogP contribution in [0, 0.1) is 11.8 Å². The molecule has 0 heterocycles. The molecule has 0 spiro atoms. The monoisotopic (exact) mass is 264 g/mol. The molecule has 2 rings (SSSR count). The summed E-state index contributed by atoms with van der Waals surface area (Å²) in [5.41, 5.74) is 0.481. The maximum Gasteiger partial charge on any atom is 0.307 e. The first-order valence-corrected chi connectivity index (χ1v) is 6.15. The minimum atomic E-state index is -0.917. The lowest BCUT2D eigenvalue weighted by molar-refractivity contribution is -0.143. The molecule has 0 saturated heterocycles. The molecule has 1 aromatic rings.